The minimum absolute atomic E-state index is 0. The summed E-state index contributed by atoms with van der Waals surface area (Å²) in [7, 11) is 0. The second-order valence-electron chi connectivity index (χ2n) is 6.47. The fourth-order valence-electron chi connectivity index (χ4n) is 3.14. The number of halogens is 1. The van der Waals surface area contributed by atoms with E-state index in [0.717, 1.165) is 30.4 Å². The third-order valence-electron chi connectivity index (χ3n) is 4.59. The molecule has 1 fully saturated rings. The Kier molecular flexibility index (Phi) is 6.79. The lowest BCUT2D eigenvalue weighted by molar-refractivity contribution is -0.125. The van der Waals surface area contributed by atoms with Gasteiger partial charge in [0.1, 0.15) is 0 Å². The number of carbonyl (C=O) groups is 1. The molecule has 1 aromatic carbocycles. The van der Waals surface area contributed by atoms with Gasteiger partial charge in [-0.15, -0.1) is 12.4 Å². The van der Waals surface area contributed by atoms with Crippen LogP contribution in [-0.2, 0) is 17.9 Å². The van der Waals surface area contributed by atoms with Crippen LogP contribution in [0.25, 0.3) is 0 Å². The van der Waals surface area contributed by atoms with Gasteiger partial charge in [-0.1, -0.05) is 30.3 Å². The van der Waals surface area contributed by atoms with Gasteiger partial charge >= 0.3 is 0 Å². The molecule has 1 aliphatic carbocycles. The third kappa shape index (κ3) is 5.18. The van der Waals surface area contributed by atoms with Gasteiger partial charge in [0.2, 0.25) is 5.91 Å². The van der Waals surface area contributed by atoms with Crippen molar-refractivity contribution < 1.29 is 4.79 Å². The predicted octanol–water partition coefficient (Wildman–Crippen LogP) is 2.06. The minimum atomic E-state index is -0.0105. The first kappa shape index (κ1) is 19.2. The second kappa shape index (κ2) is 8.83. The molecular weight excluding hydrogens is 338 g/mol. The Morgan fingerprint density at radius 3 is 2.48 bits per heavy atom. The molecule has 0 saturated heterocycles. The van der Waals surface area contributed by atoms with Crippen molar-refractivity contribution in [2.45, 2.75) is 38.4 Å². The van der Waals surface area contributed by atoms with Crippen molar-refractivity contribution in [1.29, 1.82) is 0 Å². The maximum absolute atomic E-state index is 12.1. The van der Waals surface area contributed by atoms with E-state index in [0.29, 0.717) is 13.1 Å². The van der Waals surface area contributed by atoms with Gasteiger partial charge in [0.05, 0.1) is 6.54 Å². The van der Waals surface area contributed by atoms with Crippen LogP contribution in [0.15, 0.2) is 53.5 Å². The molecule has 0 radical (unpaired) electrons. The average Bonchev–Trinajstić information content (AvgIpc) is 3.03. The van der Waals surface area contributed by atoms with Crippen molar-refractivity contribution in [2.24, 2.45) is 11.7 Å². The SMILES string of the molecule is Cl.NC1CCC(C(=O)NCc2ccc(Cn3ccccc3=O)cc2)C1. The van der Waals surface area contributed by atoms with Crippen molar-refractivity contribution in [3.05, 3.63) is 70.1 Å². The van der Waals surface area contributed by atoms with Gasteiger partial charge in [-0.2, -0.15) is 0 Å². The molecule has 2 unspecified atom stereocenters. The summed E-state index contributed by atoms with van der Waals surface area (Å²) in [6.45, 7) is 1.07. The Morgan fingerprint density at radius 2 is 1.84 bits per heavy atom. The summed E-state index contributed by atoms with van der Waals surface area (Å²) in [6.07, 6.45) is 4.39. The molecule has 0 spiro atoms. The smallest absolute Gasteiger partial charge is 0.250 e. The number of aromatic nitrogens is 1. The number of hydrogen-bond donors (Lipinski definition) is 2. The van der Waals surface area contributed by atoms with E-state index in [-0.39, 0.29) is 35.8 Å². The summed E-state index contributed by atoms with van der Waals surface area (Å²) in [5.41, 5.74) is 7.95. The molecule has 0 bridgehead atoms. The zero-order chi connectivity index (χ0) is 16.9. The van der Waals surface area contributed by atoms with Gasteiger partial charge in [-0.05, 0) is 36.5 Å². The van der Waals surface area contributed by atoms with E-state index < -0.39 is 0 Å². The molecule has 25 heavy (non-hydrogen) atoms. The fraction of sp³-hybridized carbons (Fsp3) is 0.368. The van der Waals surface area contributed by atoms with Gasteiger partial charge < -0.3 is 15.6 Å². The number of amides is 1. The first-order valence-electron chi connectivity index (χ1n) is 8.38. The second-order valence-corrected chi connectivity index (χ2v) is 6.47. The number of hydrogen-bond acceptors (Lipinski definition) is 3. The molecule has 1 aromatic heterocycles. The Balaban J connectivity index is 0.00000225. The Bertz CT molecular complexity index is 758. The van der Waals surface area contributed by atoms with E-state index in [1.165, 1.54) is 0 Å². The lowest BCUT2D eigenvalue weighted by Crippen LogP contribution is -2.30. The molecule has 1 aliphatic rings. The van der Waals surface area contributed by atoms with E-state index in [4.69, 9.17) is 5.73 Å². The molecule has 1 heterocycles. The van der Waals surface area contributed by atoms with Crippen LogP contribution in [0, 0.1) is 5.92 Å². The Morgan fingerprint density at radius 1 is 1.12 bits per heavy atom. The first-order valence-corrected chi connectivity index (χ1v) is 8.38. The van der Waals surface area contributed by atoms with E-state index in [9.17, 15) is 9.59 Å². The summed E-state index contributed by atoms with van der Waals surface area (Å²) in [5, 5.41) is 2.99. The van der Waals surface area contributed by atoms with Crippen molar-refractivity contribution in [3.63, 3.8) is 0 Å². The quantitative estimate of drug-likeness (QED) is 0.855. The van der Waals surface area contributed by atoms with Crippen LogP contribution in [0.2, 0.25) is 0 Å². The number of rotatable bonds is 5. The lowest BCUT2D eigenvalue weighted by atomic mass is 10.1. The molecule has 1 saturated carbocycles. The standard InChI is InChI=1S/C19H23N3O2.ClH/c20-17-9-8-16(11-17)19(24)21-12-14-4-6-15(7-5-14)13-22-10-2-1-3-18(22)23;/h1-7,10,16-17H,8-9,11-13,20H2,(H,21,24);1H. The number of benzene rings is 1. The highest BCUT2D eigenvalue weighted by Crippen LogP contribution is 2.24. The van der Waals surface area contributed by atoms with Gasteiger partial charge in [-0.25, -0.2) is 0 Å². The highest BCUT2D eigenvalue weighted by atomic mass is 35.5. The number of pyridine rings is 1. The van der Waals surface area contributed by atoms with Crippen LogP contribution in [0.3, 0.4) is 0 Å². The zero-order valence-corrected chi connectivity index (χ0v) is 14.9. The summed E-state index contributed by atoms with van der Waals surface area (Å²) >= 11 is 0. The molecule has 2 atom stereocenters. The van der Waals surface area contributed by atoms with E-state index >= 15 is 0 Å². The van der Waals surface area contributed by atoms with Crippen LogP contribution in [0.5, 0.6) is 0 Å². The van der Waals surface area contributed by atoms with Crippen LogP contribution in [-0.4, -0.2) is 16.5 Å². The average molecular weight is 362 g/mol. The van der Waals surface area contributed by atoms with Gasteiger partial charge in [0.15, 0.2) is 0 Å². The summed E-state index contributed by atoms with van der Waals surface area (Å²) in [6, 6.07) is 13.3. The van der Waals surface area contributed by atoms with Crippen molar-refractivity contribution in [1.82, 2.24) is 9.88 Å². The lowest BCUT2D eigenvalue weighted by Gasteiger charge is -2.11. The summed E-state index contributed by atoms with van der Waals surface area (Å²) in [5.74, 6) is 0.159. The molecule has 2 aromatic rings. The maximum Gasteiger partial charge on any atom is 0.250 e. The van der Waals surface area contributed by atoms with E-state index in [2.05, 4.69) is 5.32 Å². The van der Waals surface area contributed by atoms with Crippen LogP contribution >= 0.6 is 12.4 Å². The molecular formula is C19H24ClN3O2. The number of nitrogens with one attached hydrogen (secondary N) is 1. The van der Waals surface area contributed by atoms with Gasteiger partial charge in [0.25, 0.3) is 5.56 Å². The summed E-state index contributed by atoms with van der Waals surface area (Å²) < 4.78 is 1.67. The van der Waals surface area contributed by atoms with Crippen LogP contribution in [0.1, 0.15) is 30.4 Å². The molecule has 1 amide bonds. The molecule has 5 nitrogen and oxygen atoms in total. The molecule has 3 rings (SSSR count). The van der Waals surface area contributed by atoms with Crippen LogP contribution < -0.4 is 16.6 Å². The van der Waals surface area contributed by atoms with Gasteiger partial charge in [0, 0.05) is 30.8 Å². The fourth-order valence-corrected chi connectivity index (χ4v) is 3.14. The predicted molar refractivity (Wildman–Crippen MR) is 101 cm³/mol. The van der Waals surface area contributed by atoms with E-state index in [1.54, 1.807) is 22.9 Å². The number of nitrogens with zero attached hydrogens (tertiary/aromatic N) is 1. The van der Waals surface area contributed by atoms with Crippen molar-refractivity contribution in [3.8, 4) is 0 Å². The van der Waals surface area contributed by atoms with Crippen LogP contribution in [0.4, 0.5) is 0 Å². The number of nitrogens with two attached hydrogens (primary N) is 1. The normalized spacial score (nSPS) is 19.2. The maximum atomic E-state index is 12.1. The highest BCUT2D eigenvalue weighted by molar-refractivity contribution is 5.85. The Labute approximate surface area is 153 Å². The van der Waals surface area contributed by atoms with Crippen molar-refractivity contribution >= 4 is 18.3 Å². The molecule has 134 valence electrons. The van der Waals surface area contributed by atoms with E-state index in [1.807, 2.05) is 30.3 Å². The monoisotopic (exact) mass is 361 g/mol. The molecule has 6 heteroatoms. The zero-order valence-electron chi connectivity index (χ0n) is 14.1. The van der Waals surface area contributed by atoms with Crippen molar-refractivity contribution in [2.75, 3.05) is 0 Å². The minimum Gasteiger partial charge on any atom is -0.352 e. The largest absolute Gasteiger partial charge is 0.352 e. The Hall–Kier alpha value is -2.11. The number of carbonyl (C=O) groups excluding carboxylic acids is 1. The molecule has 0 aliphatic heterocycles. The topological polar surface area (TPSA) is 77.1 Å². The first-order chi connectivity index (χ1) is 11.6. The molecule has 3 N–H and O–H groups in total. The third-order valence-corrected chi connectivity index (χ3v) is 4.59. The van der Waals surface area contributed by atoms with Gasteiger partial charge in [-0.3, -0.25) is 9.59 Å². The summed E-state index contributed by atoms with van der Waals surface area (Å²) in [4.78, 5) is 23.8. The highest BCUT2D eigenvalue weighted by Gasteiger charge is 2.27.